The Morgan fingerprint density at radius 2 is 2.16 bits per heavy atom. The molecule has 0 bridgehead atoms. The number of methoxy groups -OCH3 is 1. The van der Waals surface area contributed by atoms with E-state index in [9.17, 15) is 4.79 Å². The van der Waals surface area contributed by atoms with E-state index in [1.165, 1.54) is 0 Å². The van der Waals surface area contributed by atoms with Gasteiger partial charge in [-0.2, -0.15) is 0 Å². The van der Waals surface area contributed by atoms with Crippen molar-refractivity contribution in [1.82, 2.24) is 9.88 Å². The fraction of sp³-hybridized carbons (Fsp3) is 0.474. The van der Waals surface area contributed by atoms with Crippen molar-refractivity contribution in [3.05, 3.63) is 41.6 Å². The number of hydrogen-bond donors (Lipinski definition) is 0. The number of aromatic nitrogens is 1. The van der Waals surface area contributed by atoms with Gasteiger partial charge < -0.3 is 18.8 Å². The number of aryl methyl sites for hydroxylation is 2. The van der Waals surface area contributed by atoms with Crippen LogP contribution < -0.4 is 9.47 Å². The maximum atomic E-state index is 12.7. The van der Waals surface area contributed by atoms with E-state index in [1.807, 2.05) is 29.2 Å². The zero-order valence-corrected chi connectivity index (χ0v) is 14.9. The predicted molar refractivity (Wildman–Crippen MR) is 93.1 cm³/mol. The molecule has 0 aliphatic carbocycles. The Kier molecular flexibility index (Phi) is 5.26. The Balaban J connectivity index is 1.59. The third-order valence-corrected chi connectivity index (χ3v) is 4.44. The molecule has 3 rings (SSSR count). The van der Waals surface area contributed by atoms with Crippen molar-refractivity contribution in [2.24, 2.45) is 5.92 Å². The van der Waals surface area contributed by atoms with Crippen LogP contribution >= 0.6 is 0 Å². The normalized spacial score (nSPS) is 17.4. The van der Waals surface area contributed by atoms with Crippen LogP contribution in [0.4, 0.5) is 0 Å². The zero-order valence-electron chi connectivity index (χ0n) is 14.9. The number of oxazole rings is 1. The standard InChI is InChI=1S/C19H24N2O4/c1-13-18(20-14(2)25-13)19(22)21-9-5-6-15(11-21)12-24-17-8-4-7-16(10-17)23-3/h4,7-8,10,15H,5-6,9,11-12H2,1-3H3/t15-/m0/s1. The van der Waals surface area contributed by atoms with Gasteiger partial charge in [0.2, 0.25) is 0 Å². The number of rotatable bonds is 5. The number of nitrogens with zero attached hydrogens (tertiary/aromatic N) is 2. The first-order valence-corrected chi connectivity index (χ1v) is 8.57. The second kappa shape index (κ2) is 7.59. The third kappa shape index (κ3) is 4.13. The summed E-state index contributed by atoms with van der Waals surface area (Å²) in [5, 5.41) is 0. The SMILES string of the molecule is COc1cccc(OC[C@H]2CCCN(C(=O)c3nc(C)oc3C)C2)c1. The van der Waals surface area contributed by atoms with Gasteiger partial charge in [-0.25, -0.2) is 4.98 Å². The fourth-order valence-electron chi connectivity index (χ4n) is 3.17. The molecule has 1 fully saturated rings. The first-order valence-electron chi connectivity index (χ1n) is 8.57. The number of amides is 1. The van der Waals surface area contributed by atoms with Crippen LogP contribution in [0.15, 0.2) is 28.7 Å². The number of carbonyl (C=O) groups excluding carboxylic acids is 1. The van der Waals surface area contributed by atoms with E-state index in [2.05, 4.69) is 4.98 Å². The van der Waals surface area contributed by atoms with Crippen molar-refractivity contribution < 1.29 is 18.7 Å². The smallest absolute Gasteiger partial charge is 0.276 e. The quantitative estimate of drug-likeness (QED) is 0.833. The lowest BCUT2D eigenvalue weighted by atomic mass is 9.98. The number of piperidine rings is 1. The molecular weight excluding hydrogens is 320 g/mol. The van der Waals surface area contributed by atoms with Gasteiger partial charge in [0.05, 0.1) is 13.7 Å². The van der Waals surface area contributed by atoms with Crippen molar-refractivity contribution in [3.8, 4) is 11.5 Å². The summed E-state index contributed by atoms with van der Waals surface area (Å²) < 4.78 is 16.5. The molecule has 1 atom stereocenters. The van der Waals surface area contributed by atoms with Crippen molar-refractivity contribution in [3.63, 3.8) is 0 Å². The van der Waals surface area contributed by atoms with E-state index >= 15 is 0 Å². The molecule has 1 aliphatic heterocycles. The summed E-state index contributed by atoms with van der Waals surface area (Å²) in [6.07, 6.45) is 2.01. The fourth-order valence-corrected chi connectivity index (χ4v) is 3.17. The molecule has 1 aliphatic rings. The van der Waals surface area contributed by atoms with Gasteiger partial charge in [0.15, 0.2) is 11.6 Å². The Bertz CT molecular complexity index is 741. The average Bonchev–Trinajstić information content (AvgIpc) is 2.98. The number of carbonyl (C=O) groups is 1. The van der Waals surface area contributed by atoms with Crippen LogP contribution in [0, 0.1) is 19.8 Å². The van der Waals surface area contributed by atoms with Gasteiger partial charge in [0, 0.05) is 32.0 Å². The van der Waals surface area contributed by atoms with Gasteiger partial charge in [-0.3, -0.25) is 4.79 Å². The van der Waals surface area contributed by atoms with E-state index in [0.29, 0.717) is 36.4 Å². The summed E-state index contributed by atoms with van der Waals surface area (Å²) >= 11 is 0. The molecule has 1 amide bonds. The molecule has 134 valence electrons. The highest BCUT2D eigenvalue weighted by Crippen LogP contribution is 2.23. The van der Waals surface area contributed by atoms with Gasteiger partial charge in [-0.1, -0.05) is 6.07 Å². The molecule has 0 radical (unpaired) electrons. The van der Waals surface area contributed by atoms with Crippen LogP contribution in [0.25, 0.3) is 0 Å². The summed E-state index contributed by atoms with van der Waals surface area (Å²) in [4.78, 5) is 18.8. The van der Waals surface area contributed by atoms with E-state index in [0.717, 1.165) is 30.9 Å². The maximum Gasteiger partial charge on any atom is 0.276 e. The van der Waals surface area contributed by atoms with Crippen LogP contribution in [0.3, 0.4) is 0 Å². The lowest BCUT2D eigenvalue weighted by Gasteiger charge is -2.32. The third-order valence-electron chi connectivity index (χ3n) is 4.44. The molecule has 2 aromatic rings. The van der Waals surface area contributed by atoms with Crippen LogP contribution in [0.2, 0.25) is 0 Å². The van der Waals surface area contributed by atoms with E-state index < -0.39 is 0 Å². The highest BCUT2D eigenvalue weighted by Gasteiger charge is 2.28. The van der Waals surface area contributed by atoms with Crippen LogP contribution in [-0.2, 0) is 0 Å². The van der Waals surface area contributed by atoms with Crippen molar-refractivity contribution in [1.29, 1.82) is 0 Å². The monoisotopic (exact) mass is 344 g/mol. The summed E-state index contributed by atoms with van der Waals surface area (Å²) in [7, 11) is 1.64. The second-order valence-electron chi connectivity index (χ2n) is 6.39. The molecule has 1 saturated heterocycles. The molecule has 6 heteroatoms. The molecule has 0 N–H and O–H groups in total. The van der Waals surface area contributed by atoms with E-state index in [4.69, 9.17) is 13.9 Å². The molecule has 0 saturated carbocycles. The molecule has 0 spiro atoms. The highest BCUT2D eigenvalue weighted by molar-refractivity contribution is 5.93. The van der Waals surface area contributed by atoms with E-state index in [1.54, 1.807) is 21.0 Å². The van der Waals surface area contributed by atoms with E-state index in [-0.39, 0.29) is 5.91 Å². The summed E-state index contributed by atoms with van der Waals surface area (Å²) in [5.41, 5.74) is 0.423. The van der Waals surface area contributed by atoms with Gasteiger partial charge in [0.25, 0.3) is 5.91 Å². The maximum absolute atomic E-state index is 12.7. The number of ether oxygens (including phenoxy) is 2. The lowest BCUT2D eigenvalue weighted by molar-refractivity contribution is 0.0626. The average molecular weight is 344 g/mol. The molecule has 0 unspecified atom stereocenters. The minimum atomic E-state index is -0.0552. The van der Waals surface area contributed by atoms with Gasteiger partial charge in [0.1, 0.15) is 17.3 Å². The summed E-state index contributed by atoms with van der Waals surface area (Å²) in [6, 6.07) is 7.57. The number of hydrogen-bond acceptors (Lipinski definition) is 5. The number of likely N-dealkylation sites (tertiary alicyclic amines) is 1. The molecule has 1 aromatic heterocycles. The Morgan fingerprint density at radius 3 is 2.88 bits per heavy atom. The first kappa shape index (κ1) is 17.3. The highest BCUT2D eigenvalue weighted by atomic mass is 16.5. The molecule has 25 heavy (non-hydrogen) atoms. The summed E-state index contributed by atoms with van der Waals surface area (Å²) in [5.74, 6) is 2.91. The van der Waals surface area contributed by atoms with Gasteiger partial charge >= 0.3 is 0 Å². The summed E-state index contributed by atoms with van der Waals surface area (Å²) in [6.45, 7) is 5.53. The van der Waals surface area contributed by atoms with Crippen molar-refractivity contribution >= 4 is 5.91 Å². The Morgan fingerprint density at radius 1 is 1.36 bits per heavy atom. The van der Waals surface area contributed by atoms with Crippen molar-refractivity contribution in [2.75, 3.05) is 26.8 Å². The minimum absolute atomic E-state index is 0.0552. The van der Waals surface area contributed by atoms with Crippen LogP contribution in [0.1, 0.15) is 35.0 Å². The predicted octanol–water partition coefficient (Wildman–Crippen LogP) is 3.23. The topological polar surface area (TPSA) is 64.8 Å². The lowest BCUT2D eigenvalue weighted by Crippen LogP contribution is -2.42. The molecule has 2 heterocycles. The Hall–Kier alpha value is -2.50. The second-order valence-corrected chi connectivity index (χ2v) is 6.39. The van der Waals surface area contributed by atoms with Crippen LogP contribution in [0.5, 0.6) is 11.5 Å². The van der Waals surface area contributed by atoms with Crippen molar-refractivity contribution in [2.45, 2.75) is 26.7 Å². The van der Waals surface area contributed by atoms with Gasteiger partial charge in [-0.15, -0.1) is 0 Å². The van der Waals surface area contributed by atoms with Crippen LogP contribution in [-0.4, -0.2) is 42.6 Å². The first-order chi connectivity index (χ1) is 12.1. The largest absolute Gasteiger partial charge is 0.497 e. The molecular formula is C19H24N2O4. The minimum Gasteiger partial charge on any atom is -0.497 e. The van der Waals surface area contributed by atoms with Gasteiger partial charge in [-0.05, 0) is 31.9 Å². The molecule has 6 nitrogen and oxygen atoms in total. The molecule has 1 aromatic carbocycles. The number of benzene rings is 1. The zero-order chi connectivity index (χ0) is 17.8. The Labute approximate surface area is 147 Å².